The summed E-state index contributed by atoms with van der Waals surface area (Å²) in [5.74, 6) is -2.00. The van der Waals surface area contributed by atoms with E-state index >= 15 is 0 Å². The molecule has 324 valence electrons. The van der Waals surface area contributed by atoms with Crippen LogP contribution in [0.5, 0.6) is 0 Å². The highest BCUT2D eigenvalue weighted by molar-refractivity contribution is 7.85. The van der Waals surface area contributed by atoms with E-state index in [1.165, 1.54) is 109 Å². The Bertz CT molecular complexity index is 1080. The molecule has 1 heterocycles. The van der Waals surface area contributed by atoms with Crippen molar-refractivity contribution in [2.75, 3.05) is 19.0 Å². The Morgan fingerprint density at radius 3 is 1.55 bits per heavy atom. The van der Waals surface area contributed by atoms with Gasteiger partial charge in [0.25, 0.3) is 10.1 Å². The summed E-state index contributed by atoms with van der Waals surface area (Å²) in [6.45, 7) is 3.73. The molecule has 0 radical (unpaired) electrons. The molecule has 0 aromatic rings. The lowest BCUT2D eigenvalue weighted by molar-refractivity contribution is -0.297. The van der Waals surface area contributed by atoms with Gasteiger partial charge in [-0.15, -0.1) is 0 Å². The van der Waals surface area contributed by atoms with Crippen LogP contribution < -0.4 is 0 Å². The van der Waals surface area contributed by atoms with E-state index in [-0.39, 0.29) is 19.4 Å². The molecule has 12 nitrogen and oxygen atoms in total. The lowest BCUT2D eigenvalue weighted by Gasteiger charge is -2.40. The summed E-state index contributed by atoms with van der Waals surface area (Å²) < 4.78 is 53.9. The average molecular weight is 807 g/mol. The van der Waals surface area contributed by atoms with E-state index in [4.69, 9.17) is 18.9 Å². The number of unbranched alkanes of at least 4 members (excludes halogenated alkanes) is 22. The number of aliphatic hydroxyl groups excluding tert-OH is 3. The van der Waals surface area contributed by atoms with Crippen LogP contribution in [0.3, 0.4) is 0 Å². The second-order valence-electron chi connectivity index (χ2n) is 15.4. The van der Waals surface area contributed by atoms with E-state index in [1.807, 2.05) is 0 Å². The molecule has 55 heavy (non-hydrogen) atoms. The quantitative estimate of drug-likeness (QED) is 0.0206. The van der Waals surface area contributed by atoms with Crippen molar-refractivity contribution in [3.8, 4) is 0 Å². The second kappa shape index (κ2) is 33.4. The summed E-state index contributed by atoms with van der Waals surface area (Å²) in [5.41, 5.74) is 0. The third-order valence-electron chi connectivity index (χ3n) is 10.1. The highest BCUT2D eigenvalue weighted by Crippen LogP contribution is 2.24. The molecule has 0 spiro atoms. The molecular formula is C42H78O12S. The zero-order chi connectivity index (χ0) is 40.6. The minimum Gasteiger partial charge on any atom is -0.462 e. The van der Waals surface area contributed by atoms with Crippen molar-refractivity contribution in [2.45, 2.75) is 224 Å². The smallest absolute Gasteiger partial charge is 0.306 e. The number of esters is 2. The fraction of sp³-hybridized carbons (Fsp3) is 0.905. The van der Waals surface area contributed by atoms with Crippen molar-refractivity contribution in [3.63, 3.8) is 0 Å². The van der Waals surface area contributed by atoms with Crippen molar-refractivity contribution >= 4 is 22.1 Å². The number of carbonyl (C=O) groups is 2. The van der Waals surface area contributed by atoms with Crippen molar-refractivity contribution in [1.29, 1.82) is 0 Å². The Labute approximate surface area is 333 Å². The monoisotopic (exact) mass is 807 g/mol. The van der Waals surface area contributed by atoms with Gasteiger partial charge in [-0.25, -0.2) is 0 Å². The van der Waals surface area contributed by atoms with Gasteiger partial charge in [-0.2, -0.15) is 8.42 Å². The third-order valence-corrected chi connectivity index (χ3v) is 10.8. The lowest BCUT2D eigenvalue weighted by atomic mass is 10.00. The SMILES string of the molecule is CCCCCCCCCCC/C=C/CCCCC(=O)OC[C@H](CO[C@H]1O[C@H](CS(=O)(=O)O)[C@@H](O)C(O)C1O)OC(=O)CCCCCCCCCCCCCC. The van der Waals surface area contributed by atoms with Crippen LogP contribution in [0.1, 0.15) is 187 Å². The van der Waals surface area contributed by atoms with Crippen molar-refractivity contribution in [3.05, 3.63) is 12.2 Å². The molecule has 0 amide bonds. The molecular weight excluding hydrogens is 729 g/mol. The van der Waals surface area contributed by atoms with Crippen molar-refractivity contribution in [1.82, 2.24) is 0 Å². The van der Waals surface area contributed by atoms with Gasteiger partial charge in [-0.1, -0.05) is 148 Å². The standard InChI is InChI=1S/C42H78O12S/c1-3-5-7-9-11-13-15-17-18-19-21-22-24-26-28-30-37(43)51-32-35(33-52-42-41(47)40(46)39(45)36(54-42)34-55(48,49)50)53-38(44)31-29-27-25-23-20-16-14-12-10-8-6-4-2/h21-22,35-36,39-42,45-47H,3-20,23-34H2,1-2H3,(H,48,49,50)/b22-21+/t35-,36-,39-,40?,41?,42+/m1/s1. The highest BCUT2D eigenvalue weighted by Gasteiger charge is 2.46. The van der Waals surface area contributed by atoms with Gasteiger partial charge in [0.05, 0.1) is 6.61 Å². The van der Waals surface area contributed by atoms with Crippen LogP contribution in [0.2, 0.25) is 0 Å². The molecule has 1 aliphatic heterocycles. The predicted molar refractivity (Wildman–Crippen MR) is 215 cm³/mol. The minimum atomic E-state index is -4.60. The Morgan fingerprint density at radius 2 is 1.04 bits per heavy atom. The first kappa shape index (κ1) is 51.4. The zero-order valence-electron chi connectivity index (χ0n) is 34.3. The van der Waals surface area contributed by atoms with Gasteiger partial charge in [-0.05, 0) is 38.5 Å². The van der Waals surface area contributed by atoms with Crippen LogP contribution >= 0.6 is 0 Å². The number of ether oxygens (including phenoxy) is 4. The molecule has 13 heteroatoms. The van der Waals surface area contributed by atoms with Crippen LogP contribution in [-0.2, 0) is 38.7 Å². The topological polar surface area (TPSA) is 186 Å². The van der Waals surface area contributed by atoms with Gasteiger partial charge in [0.1, 0.15) is 36.8 Å². The summed E-state index contributed by atoms with van der Waals surface area (Å²) in [4.78, 5) is 25.3. The summed E-state index contributed by atoms with van der Waals surface area (Å²) in [6.07, 6.45) is 24.1. The Morgan fingerprint density at radius 1 is 0.600 bits per heavy atom. The van der Waals surface area contributed by atoms with Crippen LogP contribution in [0.4, 0.5) is 0 Å². The molecule has 6 atom stereocenters. The maximum atomic E-state index is 12.8. The molecule has 0 saturated carbocycles. The van der Waals surface area contributed by atoms with Gasteiger partial charge >= 0.3 is 11.9 Å². The highest BCUT2D eigenvalue weighted by atomic mass is 32.2. The van der Waals surface area contributed by atoms with E-state index in [0.717, 1.165) is 38.5 Å². The van der Waals surface area contributed by atoms with Crippen molar-refractivity contribution < 1.29 is 56.8 Å². The summed E-state index contributed by atoms with van der Waals surface area (Å²) in [7, 11) is -4.60. The van der Waals surface area contributed by atoms with E-state index in [2.05, 4.69) is 26.0 Å². The predicted octanol–water partition coefficient (Wildman–Crippen LogP) is 8.28. The molecule has 0 aromatic carbocycles. The molecule has 1 saturated heterocycles. The molecule has 1 aliphatic rings. The molecule has 1 rings (SSSR count). The number of rotatable bonds is 36. The van der Waals surface area contributed by atoms with Gasteiger partial charge in [0.15, 0.2) is 12.4 Å². The average Bonchev–Trinajstić information content (AvgIpc) is 3.14. The van der Waals surface area contributed by atoms with Gasteiger partial charge < -0.3 is 34.3 Å². The van der Waals surface area contributed by atoms with E-state index in [1.54, 1.807) is 0 Å². The molecule has 4 N–H and O–H groups in total. The van der Waals surface area contributed by atoms with E-state index in [0.29, 0.717) is 12.8 Å². The third kappa shape index (κ3) is 28.4. The second-order valence-corrected chi connectivity index (χ2v) is 16.9. The van der Waals surface area contributed by atoms with Gasteiger partial charge in [0, 0.05) is 12.8 Å². The minimum absolute atomic E-state index is 0.165. The number of aliphatic hydroxyl groups is 3. The molecule has 0 aliphatic carbocycles. The van der Waals surface area contributed by atoms with Crippen LogP contribution in [0.15, 0.2) is 12.2 Å². The fourth-order valence-corrected chi connectivity index (χ4v) is 7.36. The summed E-state index contributed by atoms with van der Waals surface area (Å²) in [6, 6.07) is 0. The Kier molecular flexibility index (Phi) is 31.2. The number of carbonyl (C=O) groups excluding carboxylic acids is 2. The fourth-order valence-electron chi connectivity index (χ4n) is 6.67. The number of hydrogen-bond donors (Lipinski definition) is 4. The summed E-state index contributed by atoms with van der Waals surface area (Å²) in [5, 5.41) is 30.8. The Hall–Kier alpha value is -1.61. The molecule has 0 aromatic heterocycles. The van der Waals surface area contributed by atoms with E-state index < -0.39 is 71.2 Å². The molecule has 2 unspecified atom stereocenters. The molecule has 1 fully saturated rings. The first-order valence-electron chi connectivity index (χ1n) is 21.7. The van der Waals surface area contributed by atoms with Crippen LogP contribution in [0.25, 0.3) is 0 Å². The van der Waals surface area contributed by atoms with Crippen molar-refractivity contribution in [2.24, 2.45) is 0 Å². The summed E-state index contributed by atoms with van der Waals surface area (Å²) >= 11 is 0. The Balaban J connectivity index is 2.47. The number of allylic oxidation sites excluding steroid dienone is 2. The zero-order valence-corrected chi connectivity index (χ0v) is 35.1. The molecule has 0 bridgehead atoms. The lowest BCUT2D eigenvalue weighted by Crippen LogP contribution is -2.60. The number of hydrogen-bond acceptors (Lipinski definition) is 11. The van der Waals surface area contributed by atoms with Crippen LogP contribution in [0, 0.1) is 0 Å². The van der Waals surface area contributed by atoms with E-state index in [9.17, 15) is 37.9 Å². The normalized spacial score (nSPS) is 20.9. The maximum Gasteiger partial charge on any atom is 0.306 e. The van der Waals surface area contributed by atoms with Gasteiger partial charge in [0.2, 0.25) is 0 Å². The maximum absolute atomic E-state index is 12.8. The first-order valence-corrected chi connectivity index (χ1v) is 23.4. The largest absolute Gasteiger partial charge is 0.462 e. The first-order chi connectivity index (χ1) is 26.5. The van der Waals surface area contributed by atoms with Crippen LogP contribution in [-0.4, -0.2) is 96.0 Å². The van der Waals surface area contributed by atoms with Gasteiger partial charge in [-0.3, -0.25) is 14.1 Å².